The molecule has 0 spiro atoms. The highest BCUT2D eigenvalue weighted by atomic mass is 16.5. The number of hydrogen-bond donors (Lipinski definition) is 1. The van der Waals surface area contributed by atoms with Crippen LogP contribution in [0, 0.1) is 0 Å². The zero-order valence-electron chi connectivity index (χ0n) is 8.31. The summed E-state index contributed by atoms with van der Waals surface area (Å²) < 4.78 is 5.76. The molecule has 1 aliphatic rings. The highest BCUT2D eigenvalue weighted by molar-refractivity contribution is 5.34. The van der Waals surface area contributed by atoms with Crippen molar-refractivity contribution in [3.63, 3.8) is 0 Å². The van der Waals surface area contributed by atoms with Gasteiger partial charge in [-0.2, -0.15) is 0 Å². The first-order valence-corrected chi connectivity index (χ1v) is 5.14. The van der Waals surface area contributed by atoms with E-state index in [1.165, 1.54) is 11.1 Å². The van der Waals surface area contributed by atoms with Crippen LogP contribution < -0.4 is 0 Å². The fourth-order valence-corrected chi connectivity index (χ4v) is 2.04. The molecular formula is C12H12N2O. The highest BCUT2D eigenvalue weighted by Gasteiger charge is 2.23. The molecule has 0 aliphatic carbocycles. The van der Waals surface area contributed by atoms with Crippen LogP contribution in [0.4, 0.5) is 0 Å². The average molecular weight is 200 g/mol. The van der Waals surface area contributed by atoms with E-state index in [0.29, 0.717) is 0 Å². The minimum Gasteiger partial charge on any atom is -0.365 e. The first-order chi connectivity index (χ1) is 7.45. The van der Waals surface area contributed by atoms with Gasteiger partial charge in [0.15, 0.2) is 0 Å². The fourth-order valence-electron chi connectivity index (χ4n) is 2.04. The second kappa shape index (κ2) is 3.51. The number of aromatic amines is 1. The second-order valence-electron chi connectivity index (χ2n) is 3.67. The SMILES string of the molecule is c1ccc2c(c1)CCOC2c1ncc[nH]1. The molecule has 1 aromatic carbocycles. The maximum Gasteiger partial charge on any atom is 0.140 e. The molecule has 1 N–H and O–H groups in total. The van der Waals surface area contributed by atoms with Crippen molar-refractivity contribution < 1.29 is 4.74 Å². The topological polar surface area (TPSA) is 37.9 Å². The number of benzene rings is 1. The molecule has 3 rings (SSSR count). The number of ether oxygens (including phenoxy) is 1. The standard InChI is InChI=1S/C12H12N2O/c1-2-4-10-9(3-1)5-8-15-11(10)12-13-6-7-14-12/h1-4,6-7,11H,5,8H2,(H,13,14). The minimum atomic E-state index is -0.0232. The Bertz CT molecular complexity index is 450. The quantitative estimate of drug-likeness (QED) is 0.765. The van der Waals surface area contributed by atoms with Gasteiger partial charge in [-0.15, -0.1) is 0 Å². The molecule has 0 radical (unpaired) electrons. The monoisotopic (exact) mass is 200 g/mol. The van der Waals surface area contributed by atoms with Crippen LogP contribution in [0.5, 0.6) is 0 Å². The predicted molar refractivity (Wildman–Crippen MR) is 56.5 cm³/mol. The summed E-state index contributed by atoms with van der Waals surface area (Å²) in [5, 5.41) is 0. The lowest BCUT2D eigenvalue weighted by Gasteiger charge is -2.24. The van der Waals surface area contributed by atoms with Gasteiger partial charge in [0.2, 0.25) is 0 Å². The molecule has 0 saturated carbocycles. The zero-order chi connectivity index (χ0) is 10.1. The summed E-state index contributed by atoms with van der Waals surface area (Å²) in [4.78, 5) is 7.37. The van der Waals surface area contributed by atoms with Crippen LogP contribution >= 0.6 is 0 Å². The van der Waals surface area contributed by atoms with Gasteiger partial charge in [-0.1, -0.05) is 24.3 Å². The molecule has 1 aromatic heterocycles. The smallest absolute Gasteiger partial charge is 0.140 e. The highest BCUT2D eigenvalue weighted by Crippen LogP contribution is 2.30. The first kappa shape index (κ1) is 8.68. The van der Waals surface area contributed by atoms with Crippen LogP contribution in [-0.2, 0) is 11.2 Å². The van der Waals surface area contributed by atoms with Crippen molar-refractivity contribution in [2.45, 2.75) is 12.5 Å². The molecule has 0 bridgehead atoms. The Kier molecular flexibility index (Phi) is 2.03. The van der Waals surface area contributed by atoms with Crippen LogP contribution in [0.25, 0.3) is 0 Å². The van der Waals surface area contributed by atoms with E-state index >= 15 is 0 Å². The number of nitrogens with one attached hydrogen (secondary N) is 1. The van der Waals surface area contributed by atoms with E-state index in [2.05, 4.69) is 28.2 Å². The van der Waals surface area contributed by atoms with Gasteiger partial charge in [-0.25, -0.2) is 4.98 Å². The first-order valence-electron chi connectivity index (χ1n) is 5.14. The summed E-state index contributed by atoms with van der Waals surface area (Å²) >= 11 is 0. The van der Waals surface area contributed by atoms with Crippen molar-refractivity contribution in [1.82, 2.24) is 9.97 Å². The maximum atomic E-state index is 5.76. The molecule has 2 heterocycles. The van der Waals surface area contributed by atoms with Gasteiger partial charge >= 0.3 is 0 Å². The van der Waals surface area contributed by atoms with Gasteiger partial charge in [0.25, 0.3) is 0 Å². The Morgan fingerprint density at radius 3 is 3.13 bits per heavy atom. The Balaban J connectivity index is 2.06. The van der Waals surface area contributed by atoms with Crippen LogP contribution in [0.3, 0.4) is 0 Å². The van der Waals surface area contributed by atoms with Gasteiger partial charge in [-0.3, -0.25) is 0 Å². The normalized spacial score (nSPS) is 19.9. The largest absolute Gasteiger partial charge is 0.365 e. The summed E-state index contributed by atoms with van der Waals surface area (Å²) in [5.74, 6) is 0.891. The summed E-state index contributed by atoms with van der Waals surface area (Å²) in [5.41, 5.74) is 2.60. The molecule has 0 saturated heterocycles. The molecule has 3 nitrogen and oxygen atoms in total. The Morgan fingerprint density at radius 2 is 2.27 bits per heavy atom. The lowest BCUT2D eigenvalue weighted by molar-refractivity contribution is 0.0646. The average Bonchev–Trinajstić information content (AvgIpc) is 2.82. The van der Waals surface area contributed by atoms with E-state index in [-0.39, 0.29) is 6.10 Å². The number of imidazole rings is 1. The molecule has 1 unspecified atom stereocenters. The number of H-pyrrole nitrogens is 1. The minimum absolute atomic E-state index is 0.0232. The van der Waals surface area contributed by atoms with Crippen molar-refractivity contribution in [3.05, 3.63) is 53.6 Å². The van der Waals surface area contributed by atoms with Crippen LogP contribution in [0.2, 0.25) is 0 Å². The van der Waals surface area contributed by atoms with E-state index in [1.54, 1.807) is 6.20 Å². The molecule has 2 aromatic rings. The summed E-state index contributed by atoms with van der Waals surface area (Å²) in [7, 11) is 0. The lowest BCUT2D eigenvalue weighted by Crippen LogP contribution is -2.18. The van der Waals surface area contributed by atoms with E-state index in [4.69, 9.17) is 4.74 Å². The molecule has 15 heavy (non-hydrogen) atoms. The molecule has 76 valence electrons. The van der Waals surface area contributed by atoms with Crippen molar-refractivity contribution in [2.24, 2.45) is 0 Å². The van der Waals surface area contributed by atoms with Crippen LogP contribution in [0.15, 0.2) is 36.7 Å². The van der Waals surface area contributed by atoms with Crippen molar-refractivity contribution in [3.8, 4) is 0 Å². The Hall–Kier alpha value is -1.61. The number of aromatic nitrogens is 2. The van der Waals surface area contributed by atoms with E-state index in [1.807, 2.05) is 12.3 Å². The van der Waals surface area contributed by atoms with Crippen LogP contribution in [-0.4, -0.2) is 16.6 Å². The summed E-state index contributed by atoms with van der Waals surface area (Å²) in [6.45, 7) is 0.766. The predicted octanol–water partition coefficient (Wildman–Crippen LogP) is 2.07. The van der Waals surface area contributed by atoms with Gasteiger partial charge in [-0.05, 0) is 17.5 Å². The number of rotatable bonds is 1. The molecule has 1 atom stereocenters. The molecule has 0 amide bonds. The van der Waals surface area contributed by atoms with Crippen molar-refractivity contribution in [1.29, 1.82) is 0 Å². The maximum absolute atomic E-state index is 5.76. The van der Waals surface area contributed by atoms with Crippen molar-refractivity contribution in [2.75, 3.05) is 6.61 Å². The van der Waals surface area contributed by atoms with Crippen LogP contribution in [0.1, 0.15) is 23.1 Å². The van der Waals surface area contributed by atoms with Gasteiger partial charge in [0.1, 0.15) is 11.9 Å². The zero-order valence-corrected chi connectivity index (χ0v) is 8.31. The van der Waals surface area contributed by atoms with E-state index in [0.717, 1.165) is 18.9 Å². The van der Waals surface area contributed by atoms with Gasteiger partial charge in [0, 0.05) is 12.4 Å². The van der Waals surface area contributed by atoms with E-state index in [9.17, 15) is 0 Å². The molecule has 3 heteroatoms. The lowest BCUT2D eigenvalue weighted by atomic mass is 9.97. The molecule has 1 aliphatic heterocycles. The third kappa shape index (κ3) is 1.45. The molecule has 0 fully saturated rings. The molecular weight excluding hydrogens is 188 g/mol. The van der Waals surface area contributed by atoms with E-state index < -0.39 is 0 Å². The Labute approximate surface area is 88.1 Å². The third-order valence-corrected chi connectivity index (χ3v) is 2.76. The summed E-state index contributed by atoms with van der Waals surface area (Å²) in [6.07, 6.45) is 4.56. The number of hydrogen-bond acceptors (Lipinski definition) is 2. The second-order valence-corrected chi connectivity index (χ2v) is 3.67. The number of nitrogens with zero attached hydrogens (tertiary/aromatic N) is 1. The van der Waals surface area contributed by atoms with Gasteiger partial charge < -0.3 is 9.72 Å². The number of fused-ring (bicyclic) bond motifs is 1. The van der Waals surface area contributed by atoms with Gasteiger partial charge in [0.05, 0.1) is 6.61 Å². The van der Waals surface area contributed by atoms with Crippen molar-refractivity contribution >= 4 is 0 Å². The fraction of sp³-hybridized carbons (Fsp3) is 0.250. The Morgan fingerprint density at radius 1 is 1.33 bits per heavy atom. The summed E-state index contributed by atoms with van der Waals surface area (Å²) in [6, 6.07) is 8.39. The third-order valence-electron chi connectivity index (χ3n) is 2.76.